The second-order valence-corrected chi connectivity index (χ2v) is 6.72. The minimum absolute atomic E-state index is 0.254. The molecule has 0 amide bonds. The van der Waals surface area contributed by atoms with Crippen molar-refractivity contribution in [1.82, 2.24) is 4.31 Å². The third kappa shape index (κ3) is 2.47. The maximum atomic E-state index is 13.8. The Hall–Kier alpha value is -1.73. The van der Waals surface area contributed by atoms with Gasteiger partial charge in [0.25, 0.3) is 0 Å². The lowest BCUT2D eigenvalue weighted by Crippen LogP contribution is -2.31. The Kier molecular flexibility index (Phi) is 3.54. The molecule has 1 aliphatic heterocycles. The van der Waals surface area contributed by atoms with Gasteiger partial charge in [0.2, 0.25) is 10.0 Å². The molecule has 0 aliphatic carbocycles. The Labute approximate surface area is 121 Å². The van der Waals surface area contributed by atoms with Crippen LogP contribution in [-0.4, -0.2) is 19.3 Å². The first-order valence-corrected chi connectivity index (χ1v) is 7.94. The number of rotatable bonds is 3. The fourth-order valence-electron chi connectivity index (χ4n) is 2.59. The predicted octanol–water partition coefficient (Wildman–Crippen LogP) is 3.08. The number of furan rings is 1. The SMILES string of the molecule is O=S(=O)(c1cc(F)ccc1F)N1CCC[C@@H]1c1ccco1. The van der Waals surface area contributed by atoms with Gasteiger partial charge < -0.3 is 4.42 Å². The molecule has 1 aromatic carbocycles. The number of sulfonamides is 1. The van der Waals surface area contributed by atoms with Crippen LogP contribution in [0.1, 0.15) is 24.6 Å². The molecule has 0 saturated carbocycles. The highest BCUT2D eigenvalue weighted by atomic mass is 32.2. The van der Waals surface area contributed by atoms with Crippen molar-refractivity contribution in [2.45, 2.75) is 23.8 Å². The van der Waals surface area contributed by atoms with Gasteiger partial charge in [0, 0.05) is 6.54 Å². The standard InChI is InChI=1S/C14H13F2NO3S/c15-10-5-6-11(16)14(9-10)21(18,19)17-7-1-3-12(17)13-4-2-8-20-13/h2,4-6,8-9,12H,1,3,7H2/t12-/m1/s1. The molecule has 2 heterocycles. The minimum atomic E-state index is -4.11. The van der Waals surface area contributed by atoms with Crippen molar-refractivity contribution in [3.63, 3.8) is 0 Å². The summed E-state index contributed by atoms with van der Waals surface area (Å²) in [5.41, 5.74) is 0. The summed E-state index contributed by atoms with van der Waals surface area (Å²) >= 11 is 0. The first-order valence-electron chi connectivity index (χ1n) is 6.50. The van der Waals surface area contributed by atoms with Gasteiger partial charge in [-0.15, -0.1) is 0 Å². The zero-order valence-corrected chi connectivity index (χ0v) is 11.8. The molecule has 0 unspecified atom stereocenters. The van der Waals surface area contributed by atoms with Crippen LogP contribution in [0.2, 0.25) is 0 Å². The molecular weight excluding hydrogens is 300 g/mol. The quantitative estimate of drug-likeness (QED) is 0.875. The summed E-state index contributed by atoms with van der Waals surface area (Å²) in [4.78, 5) is -0.638. The largest absolute Gasteiger partial charge is 0.468 e. The molecule has 7 heteroatoms. The third-order valence-electron chi connectivity index (χ3n) is 3.56. The molecule has 112 valence electrons. The average Bonchev–Trinajstić information content (AvgIpc) is 3.10. The van der Waals surface area contributed by atoms with E-state index in [1.807, 2.05) is 0 Å². The van der Waals surface area contributed by atoms with Crippen LogP contribution in [-0.2, 0) is 10.0 Å². The number of nitrogens with zero attached hydrogens (tertiary/aromatic N) is 1. The lowest BCUT2D eigenvalue weighted by atomic mass is 10.2. The molecule has 21 heavy (non-hydrogen) atoms. The highest BCUT2D eigenvalue weighted by Gasteiger charge is 2.39. The molecule has 1 saturated heterocycles. The van der Waals surface area contributed by atoms with Crippen LogP contribution in [0.25, 0.3) is 0 Å². The van der Waals surface area contributed by atoms with Gasteiger partial charge in [-0.1, -0.05) is 0 Å². The molecule has 0 bridgehead atoms. The van der Waals surface area contributed by atoms with E-state index in [9.17, 15) is 17.2 Å². The molecule has 2 aromatic rings. The number of halogens is 2. The van der Waals surface area contributed by atoms with Gasteiger partial charge in [0.15, 0.2) is 0 Å². The van der Waals surface area contributed by atoms with Crippen molar-refractivity contribution in [3.05, 3.63) is 54.0 Å². The molecule has 1 fully saturated rings. The van der Waals surface area contributed by atoms with Crippen molar-refractivity contribution >= 4 is 10.0 Å². The zero-order chi connectivity index (χ0) is 15.0. The molecule has 3 rings (SSSR count). The topological polar surface area (TPSA) is 50.5 Å². The lowest BCUT2D eigenvalue weighted by molar-refractivity contribution is 0.338. The number of hydrogen-bond donors (Lipinski definition) is 0. The fraction of sp³-hybridized carbons (Fsp3) is 0.286. The van der Waals surface area contributed by atoms with Crippen molar-refractivity contribution in [2.24, 2.45) is 0 Å². The minimum Gasteiger partial charge on any atom is -0.468 e. The fourth-order valence-corrected chi connectivity index (χ4v) is 4.34. The van der Waals surface area contributed by atoms with Gasteiger partial charge in [0.05, 0.1) is 12.3 Å². The van der Waals surface area contributed by atoms with Crippen molar-refractivity contribution < 1.29 is 21.6 Å². The maximum Gasteiger partial charge on any atom is 0.246 e. The van der Waals surface area contributed by atoms with Crippen LogP contribution in [0.15, 0.2) is 45.9 Å². The van der Waals surface area contributed by atoms with Gasteiger partial charge in [-0.2, -0.15) is 4.31 Å². The summed E-state index contributed by atoms with van der Waals surface area (Å²) < 4.78 is 58.7. The van der Waals surface area contributed by atoms with Gasteiger partial charge >= 0.3 is 0 Å². The van der Waals surface area contributed by atoms with Crippen LogP contribution in [0.3, 0.4) is 0 Å². The normalized spacial score (nSPS) is 20.0. The predicted molar refractivity (Wildman–Crippen MR) is 70.9 cm³/mol. The van der Waals surface area contributed by atoms with Crippen LogP contribution < -0.4 is 0 Å². The highest BCUT2D eigenvalue weighted by Crippen LogP contribution is 2.37. The van der Waals surface area contributed by atoms with Crippen LogP contribution in [0.5, 0.6) is 0 Å². The number of benzene rings is 1. The van der Waals surface area contributed by atoms with E-state index >= 15 is 0 Å². The first kappa shape index (κ1) is 14.2. The van der Waals surface area contributed by atoms with Crippen LogP contribution in [0.4, 0.5) is 8.78 Å². The second kappa shape index (κ2) is 5.23. The zero-order valence-electron chi connectivity index (χ0n) is 11.0. The summed E-state index contributed by atoms with van der Waals surface area (Å²) in [5.74, 6) is -1.24. The molecular formula is C14H13F2NO3S. The van der Waals surface area contributed by atoms with Crippen molar-refractivity contribution in [1.29, 1.82) is 0 Å². The molecule has 0 spiro atoms. The van der Waals surface area contributed by atoms with E-state index < -0.39 is 32.6 Å². The van der Waals surface area contributed by atoms with E-state index in [1.165, 1.54) is 10.6 Å². The Bertz CT molecular complexity index is 744. The number of hydrogen-bond acceptors (Lipinski definition) is 3. The smallest absolute Gasteiger partial charge is 0.246 e. The molecule has 1 aromatic heterocycles. The van der Waals surface area contributed by atoms with Crippen molar-refractivity contribution in [3.8, 4) is 0 Å². The van der Waals surface area contributed by atoms with E-state index in [2.05, 4.69) is 0 Å². The molecule has 1 aliphatic rings. The third-order valence-corrected chi connectivity index (χ3v) is 5.48. The Morgan fingerprint density at radius 2 is 2.05 bits per heavy atom. The van der Waals surface area contributed by atoms with Crippen LogP contribution in [0, 0.1) is 11.6 Å². The molecule has 4 nitrogen and oxygen atoms in total. The maximum absolute atomic E-state index is 13.8. The van der Waals surface area contributed by atoms with E-state index in [0.717, 1.165) is 12.1 Å². The van der Waals surface area contributed by atoms with E-state index in [1.54, 1.807) is 12.1 Å². The van der Waals surface area contributed by atoms with Crippen LogP contribution >= 0.6 is 0 Å². The summed E-state index contributed by atoms with van der Waals surface area (Å²) in [6.45, 7) is 0.254. The molecule has 0 radical (unpaired) electrons. The first-order chi connectivity index (χ1) is 10.00. The van der Waals surface area contributed by atoms with E-state index in [4.69, 9.17) is 4.42 Å². The van der Waals surface area contributed by atoms with Crippen molar-refractivity contribution in [2.75, 3.05) is 6.54 Å². The van der Waals surface area contributed by atoms with Gasteiger partial charge in [-0.25, -0.2) is 17.2 Å². The summed E-state index contributed by atoms with van der Waals surface area (Å²) in [7, 11) is -4.11. The van der Waals surface area contributed by atoms with Gasteiger partial charge in [0.1, 0.15) is 22.3 Å². The average molecular weight is 313 g/mol. The Morgan fingerprint density at radius 1 is 1.24 bits per heavy atom. The van der Waals surface area contributed by atoms with E-state index in [-0.39, 0.29) is 6.54 Å². The van der Waals surface area contributed by atoms with Gasteiger partial charge in [-0.05, 0) is 43.2 Å². The Balaban J connectivity index is 2.03. The molecule has 1 atom stereocenters. The summed E-state index contributed by atoms with van der Waals surface area (Å²) in [6, 6.07) is 5.29. The summed E-state index contributed by atoms with van der Waals surface area (Å²) in [6.07, 6.45) is 2.69. The van der Waals surface area contributed by atoms with Gasteiger partial charge in [-0.3, -0.25) is 0 Å². The molecule has 0 N–H and O–H groups in total. The monoisotopic (exact) mass is 313 g/mol. The lowest BCUT2D eigenvalue weighted by Gasteiger charge is -2.22. The second-order valence-electron chi connectivity index (χ2n) is 4.86. The summed E-state index contributed by atoms with van der Waals surface area (Å²) in [5, 5.41) is 0. The van der Waals surface area contributed by atoms with E-state index in [0.29, 0.717) is 24.7 Å². The Morgan fingerprint density at radius 3 is 2.76 bits per heavy atom. The highest BCUT2D eigenvalue weighted by molar-refractivity contribution is 7.89.